The fourth-order valence-corrected chi connectivity index (χ4v) is 2.23. The number of anilines is 1. The molecule has 1 N–H and O–H groups in total. The molecule has 0 saturated carbocycles. The zero-order valence-corrected chi connectivity index (χ0v) is 14.5. The normalized spacial score (nSPS) is 10.2. The second-order valence-corrected chi connectivity index (χ2v) is 5.63. The molecule has 0 aliphatic carbocycles. The van der Waals surface area contributed by atoms with Crippen molar-refractivity contribution in [1.82, 2.24) is 4.98 Å². The smallest absolute Gasteiger partial charge is 0.224 e. The van der Waals surface area contributed by atoms with Crippen LogP contribution >= 0.6 is 0 Å². The SMILES string of the molecule is CCC(=O)Nc1ccc(Oc2ccc(OCc3ccccc3)cc2)nc1. The summed E-state index contributed by atoms with van der Waals surface area (Å²) in [6.45, 7) is 2.32. The predicted molar refractivity (Wildman–Crippen MR) is 100 cm³/mol. The van der Waals surface area contributed by atoms with Gasteiger partial charge in [0.1, 0.15) is 18.1 Å². The van der Waals surface area contributed by atoms with Crippen LogP contribution in [0.5, 0.6) is 17.4 Å². The minimum Gasteiger partial charge on any atom is -0.489 e. The maximum atomic E-state index is 11.4. The first kappa shape index (κ1) is 17.5. The number of carbonyl (C=O) groups excluding carboxylic acids is 1. The zero-order chi connectivity index (χ0) is 18.2. The van der Waals surface area contributed by atoms with E-state index in [0.717, 1.165) is 11.3 Å². The lowest BCUT2D eigenvalue weighted by molar-refractivity contribution is -0.115. The van der Waals surface area contributed by atoms with Crippen LogP contribution in [-0.4, -0.2) is 10.9 Å². The van der Waals surface area contributed by atoms with E-state index < -0.39 is 0 Å². The van der Waals surface area contributed by atoms with Crippen LogP contribution in [0, 0.1) is 0 Å². The molecule has 0 fully saturated rings. The molecule has 3 rings (SSSR count). The van der Waals surface area contributed by atoms with E-state index in [1.54, 1.807) is 25.3 Å². The van der Waals surface area contributed by atoms with Gasteiger partial charge in [0.15, 0.2) is 0 Å². The molecular formula is C21H20N2O3. The Kier molecular flexibility index (Phi) is 5.83. The molecule has 1 aromatic heterocycles. The highest BCUT2D eigenvalue weighted by Gasteiger charge is 2.03. The highest BCUT2D eigenvalue weighted by molar-refractivity contribution is 5.90. The Morgan fingerprint density at radius 2 is 1.69 bits per heavy atom. The minimum atomic E-state index is -0.0495. The van der Waals surface area contributed by atoms with Crippen molar-refractivity contribution in [2.24, 2.45) is 0 Å². The van der Waals surface area contributed by atoms with E-state index in [2.05, 4.69) is 10.3 Å². The van der Waals surface area contributed by atoms with Gasteiger partial charge < -0.3 is 14.8 Å². The second-order valence-electron chi connectivity index (χ2n) is 5.63. The number of hydrogen-bond donors (Lipinski definition) is 1. The molecule has 26 heavy (non-hydrogen) atoms. The van der Waals surface area contributed by atoms with Gasteiger partial charge in [-0.1, -0.05) is 37.3 Å². The van der Waals surface area contributed by atoms with E-state index in [9.17, 15) is 4.79 Å². The van der Waals surface area contributed by atoms with Gasteiger partial charge in [-0.25, -0.2) is 4.98 Å². The molecule has 0 saturated heterocycles. The number of nitrogens with one attached hydrogen (secondary N) is 1. The van der Waals surface area contributed by atoms with Crippen LogP contribution < -0.4 is 14.8 Å². The quantitative estimate of drug-likeness (QED) is 0.666. The molecule has 1 heterocycles. The first-order valence-electron chi connectivity index (χ1n) is 8.43. The van der Waals surface area contributed by atoms with Gasteiger partial charge in [0.2, 0.25) is 11.8 Å². The third kappa shape index (κ3) is 5.08. The predicted octanol–water partition coefficient (Wildman–Crippen LogP) is 4.80. The number of nitrogens with zero attached hydrogens (tertiary/aromatic N) is 1. The maximum Gasteiger partial charge on any atom is 0.224 e. The lowest BCUT2D eigenvalue weighted by Gasteiger charge is -2.09. The van der Waals surface area contributed by atoms with Crippen molar-refractivity contribution in [3.05, 3.63) is 78.5 Å². The van der Waals surface area contributed by atoms with Gasteiger partial charge in [-0.05, 0) is 35.9 Å². The summed E-state index contributed by atoms with van der Waals surface area (Å²) in [6, 6.07) is 20.8. The molecule has 0 unspecified atom stereocenters. The van der Waals surface area contributed by atoms with Crippen LogP contribution in [0.3, 0.4) is 0 Å². The van der Waals surface area contributed by atoms with Crippen molar-refractivity contribution in [2.75, 3.05) is 5.32 Å². The second kappa shape index (κ2) is 8.67. The van der Waals surface area contributed by atoms with Gasteiger partial charge in [0.05, 0.1) is 11.9 Å². The molecular weight excluding hydrogens is 328 g/mol. The number of hydrogen-bond acceptors (Lipinski definition) is 4. The number of ether oxygens (including phenoxy) is 2. The highest BCUT2D eigenvalue weighted by Crippen LogP contribution is 2.23. The molecule has 0 aliphatic rings. The highest BCUT2D eigenvalue weighted by atomic mass is 16.5. The largest absolute Gasteiger partial charge is 0.489 e. The van der Waals surface area contributed by atoms with Gasteiger partial charge in [-0.2, -0.15) is 0 Å². The van der Waals surface area contributed by atoms with Gasteiger partial charge in [-0.3, -0.25) is 4.79 Å². The van der Waals surface area contributed by atoms with Gasteiger partial charge in [-0.15, -0.1) is 0 Å². The number of aromatic nitrogens is 1. The molecule has 0 aliphatic heterocycles. The molecule has 5 nitrogen and oxygen atoms in total. The number of pyridine rings is 1. The van der Waals surface area contributed by atoms with E-state index in [1.165, 1.54) is 0 Å². The van der Waals surface area contributed by atoms with Crippen LogP contribution in [0.4, 0.5) is 5.69 Å². The monoisotopic (exact) mass is 348 g/mol. The molecule has 1 amide bonds. The summed E-state index contributed by atoms with van der Waals surface area (Å²) in [6.07, 6.45) is 2.00. The number of rotatable bonds is 7. The van der Waals surface area contributed by atoms with Gasteiger partial charge in [0, 0.05) is 12.5 Å². The standard InChI is InChI=1S/C21H20N2O3/c1-2-20(24)23-17-8-13-21(22-14-17)26-19-11-9-18(10-12-19)25-15-16-6-4-3-5-7-16/h3-14H,2,15H2,1H3,(H,23,24). The summed E-state index contributed by atoms with van der Waals surface area (Å²) in [5, 5.41) is 2.74. The first-order chi connectivity index (χ1) is 12.7. The van der Waals surface area contributed by atoms with Crippen molar-refractivity contribution in [1.29, 1.82) is 0 Å². The van der Waals surface area contributed by atoms with Crippen LogP contribution in [0.2, 0.25) is 0 Å². The Morgan fingerprint density at radius 1 is 0.962 bits per heavy atom. The van der Waals surface area contributed by atoms with E-state index >= 15 is 0 Å². The first-order valence-corrected chi connectivity index (χ1v) is 8.43. The summed E-state index contributed by atoms with van der Waals surface area (Å²) in [5.41, 5.74) is 1.76. The van der Waals surface area contributed by atoms with Crippen molar-refractivity contribution in [3.63, 3.8) is 0 Å². The fraction of sp³-hybridized carbons (Fsp3) is 0.143. The third-order valence-electron chi connectivity index (χ3n) is 3.64. The van der Waals surface area contributed by atoms with Gasteiger partial charge in [0.25, 0.3) is 0 Å². The minimum absolute atomic E-state index is 0.0495. The fourth-order valence-electron chi connectivity index (χ4n) is 2.23. The van der Waals surface area contributed by atoms with Crippen molar-refractivity contribution in [2.45, 2.75) is 20.0 Å². The Balaban J connectivity index is 1.54. The molecule has 0 radical (unpaired) electrons. The summed E-state index contributed by atoms with van der Waals surface area (Å²) in [7, 11) is 0. The third-order valence-corrected chi connectivity index (χ3v) is 3.64. The molecule has 3 aromatic rings. The molecule has 0 bridgehead atoms. The lowest BCUT2D eigenvalue weighted by Crippen LogP contribution is -2.09. The Morgan fingerprint density at radius 3 is 2.35 bits per heavy atom. The van der Waals surface area contributed by atoms with Crippen LogP contribution in [0.1, 0.15) is 18.9 Å². The van der Waals surface area contributed by atoms with Crippen LogP contribution in [0.25, 0.3) is 0 Å². The average molecular weight is 348 g/mol. The summed E-state index contributed by atoms with van der Waals surface area (Å²) < 4.78 is 11.5. The zero-order valence-electron chi connectivity index (χ0n) is 14.5. The lowest BCUT2D eigenvalue weighted by atomic mass is 10.2. The average Bonchev–Trinajstić information content (AvgIpc) is 2.69. The van der Waals surface area contributed by atoms with E-state index in [-0.39, 0.29) is 5.91 Å². The molecule has 0 atom stereocenters. The maximum absolute atomic E-state index is 11.4. The van der Waals surface area contributed by atoms with Crippen molar-refractivity contribution in [3.8, 4) is 17.4 Å². The Bertz CT molecular complexity index is 831. The van der Waals surface area contributed by atoms with E-state index in [0.29, 0.717) is 30.3 Å². The molecule has 2 aromatic carbocycles. The molecule has 132 valence electrons. The number of amides is 1. The van der Waals surface area contributed by atoms with Crippen molar-refractivity contribution >= 4 is 11.6 Å². The van der Waals surface area contributed by atoms with E-state index in [4.69, 9.17) is 9.47 Å². The molecule has 5 heteroatoms. The summed E-state index contributed by atoms with van der Waals surface area (Å²) in [4.78, 5) is 15.5. The Labute approximate surface area is 152 Å². The van der Waals surface area contributed by atoms with E-state index in [1.807, 2.05) is 54.6 Å². The van der Waals surface area contributed by atoms with Gasteiger partial charge >= 0.3 is 0 Å². The van der Waals surface area contributed by atoms with Crippen LogP contribution in [0.15, 0.2) is 72.9 Å². The van der Waals surface area contributed by atoms with Crippen molar-refractivity contribution < 1.29 is 14.3 Å². The number of carbonyl (C=O) groups is 1. The number of benzene rings is 2. The molecule has 0 spiro atoms. The van der Waals surface area contributed by atoms with Crippen LogP contribution in [-0.2, 0) is 11.4 Å². The Hall–Kier alpha value is -3.34. The summed E-state index contributed by atoms with van der Waals surface area (Å²) >= 11 is 0. The topological polar surface area (TPSA) is 60.5 Å². The summed E-state index contributed by atoms with van der Waals surface area (Å²) in [5.74, 6) is 1.84.